The molecule has 1 aliphatic rings. The number of ether oxygens (including phenoxy) is 1. The van der Waals surface area contributed by atoms with E-state index in [0.717, 1.165) is 17.1 Å². The molecular weight excluding hydrogens is 236 g/mol. The fourth-order valence-corrected chi connectivity index (χ4v) is 2.58. The first kappa shape index (κ1) is 11.9. The van der Waals surface area contributed by atoms with Gasteiger partial charge in [0.25, 0.3) is 0 Å². The molecule has 2 N–H and O–H groups in total. The smallest absolute Gasteiger partial charge is 0.129 e. The maximum atomic E-state index is 5.54. The van der Waals surface area contributed by atoms with Crippen molar-refractivity contribution in [1.82, 2.24) is 0 Å². The molecule has 97 valence electrons. The zero-order valence-corrected chi connectivity index (χ0v) is 11.4. The van der Waals surface area contributed by atoms with Crippen LogP contribution in [-0.2, 0) is 0 Å². The number of fused-ring (bicyclic) bond motifs is 3. The predicted molar refractivity (Wildman–Crippen MR) is 80.0 cm³/mol. The van der Waals surface area contributed by atoms with Crippen LogP contribution >= 0.6 is 0 Å². The molecule has 0 aromatic heterocycles. The average molecular weight is 253 g/mol. The second-order valence-corrected chi connectivity index (χ2v) is 4.59. The molecular formula is C16H17N2O. The largest absolute Gasteiger partial charge is 0.496 e. The molecule has 0 atom stereocenters. The lowest BCUT2D eigenvalue weighted by atomic mass is 10.0. The monoisotopic (exact) mass is 253 g/mol. The van der Waals surface area contributed by atoms with Gasteiger partial charge in [-0.25, -0.2) is 0 Å². The fraction of sp³-hybridized carbons (Fsp3) is 0.188. The van der Waals surface area contributed by atoms with E-state index < -0.39 is 0 Å². The SMILES string of the molecule is CNc1ccc2c(c1)[CH]c1cc(NC)cc(OC)c1-2. The number of rotatable bonds is 3. The minimum atomic E-state index is 0.911. The zero-order chi connectivity index (χ0) is 13.4. The molecule has 0 saturated heterocycles. The van der Waals surface area contributed by atoms with Crippen LogP contribution < -0.4 is 15.4 Å². The van der Waals surface area contributed by atoms with Crippen molar-refractivity contribution in [2.45, 2.75) is 0 Å². The van der Waals surface area contributed by atoms with Gasteiger partial charge in [0.2, 0.25) is 0 Å². The molecule has 1 aliphatic carbocycles. The van der Waals surface area contributed by atoms with Gasteiger partial charge in [-0.05, 0) is 34.9 Å². The molecule has 3 nitrogen and oxygen atoms in total. The highest BCUT2D eigenvalue weighted by Crippen LogP contribution is 2.45. The molecule has 0 aliphatic heterocycles. The molecule has 0 saturated carbocycles. The first-order valence-electron chi connectivity index (χ1n) is 6.33. The second kappa shape index (κ2) is 4.50. The molecule has 19 heavy (non-hydrogen) atoms. The zero-order valence-electron chi connectivity index (χ0n) is 11.4. The lowest BCUT2D eigenvalue weighted by molar-refractivity contribution is 0.416. The van der Waals surface area contributed by atoms with Crippen LogP contribution in [-0.4, -0.2) is 21.2 Å². The van der Waals surface area contributed by atoms with E-state index in [1.54, 1.807) is 7.11 Å². The molecule has 0 unspecified atom stereocenters. The number of hydrogen-bond donors (Lipinski definition) is 2. The molecule has 3 rings (SSSR count). The van der Waals surface area contributed by atoms with Gasteiger partial charge >= 0.3 is 0 Å². The number of hydrogen-bond acceptors (Lipinski definition) is 3. The van der Waals surface area contributed by atoms with Crippen LogP contribution in [0, 0.1) is 6.42 Å². The maximum Gasteiger partial charge on any atom is 0.129 e. The minimum absolute atomic E-state index is 0.911. The molecule has 2 aromatic rings. The van der Waals surface area contributed by atoms with E-state index in [0.29, 0.717) is 0 Å². The summed E-state index contributed by atoms with van der Waals surface area (Å²) in [5.74, 6) is 0.911. The Morgan fingerprint density at radius 1 is 0.895 bits per heavy atom. The predicted octanol–water partition coefficient (Wildman–Crippen LogP) is 3.36. The van der Waals surface area contributed by atoms with Crippen LogP contribution in [0.4, 0.5) is 11.4 Å². The molecule has 0 amide bonds. The standard InChI is InChI=1S/C16H17N2O/c1-17-12-4-5-14-10(7-12)6-11-8-13(18-2)9-15(19-3)16(11)14/h4-9,17-18H,1-3H3. The highest BCUT2D eigenvalue weighted by molar-refractivity contribution is 5.88. The lowest BCUT2D eigenvalue weighted by Crippen LogP contribution is -1.93. The summed E-state index contributed by atoms with van der Waals surface area (Å²) >= 11 is 0. The van der Waals surface area contributed by atoms with Crippen LogP contribution in [0.2, 0.25) is 0 Å². The van der Waals surface area contributed by atoms with Crippen molar-refractivity contribution < 1.29 is 4.74 Å². The van der Waals surface area contributed by atoms with Crippen molar-refractivity contribution >= 4 is 11.4 Å². The number of methoxy groups -OCH3 is 1. The molecule has 2 aromatic carbocycles. The van der Waals surface area contributed by atoms with E-state index in [9.17, 15) is 0 Å². The normalized spacial score (nSPS) is 11.7. The van der Waals surface area contributed by atoms with Gasteiger partial charge in [-0.15, -0.1) is 0 Å². The summed E-state index contributed by atoms with van der Waals surface area (Å²) in [6.07, 6.45) is 2.20. The van der Waals surface area contributed by atoms with Crippen molar-refractivity contribution in [1.29, 1.82) is 0 Å². The van der Waals surface area contributed by atoms with Crippen LogP contribution in [0.3, 0.4) is 0 Å². The average Bonchev–Trinajstić information content (AvgIpc) is 2.83. The van der Waals surface area contributed by atoms with E-state index in [2.05, 4.69) is 41.3 Å². The Morgan fingerprint density at radius 2 is 1.63 bits per heavy atom. The van der Waals surface area contributed by atoms with Gasteiger partial charge in [0.15, 0.2) is 0 Å². The summed E-state index contributed by atoms with van der Waals surface area (Å²) in [6, 6.07) is 10.6. The molecule has 3 heteroatoms. The minimum Gasteiger partial charge on any atom is -0.496 e. The Labute approximate surface area is 113 Å². The Hall–Kier alpha value is -2.16. The lowest BCUT2D eigenvalue weighted by Gasteiger charge is -2.11. The fourth-order valence-electron chi connectivity index (χ4n) is 2.58. The van der Waals surface area contributed by atoms with E-state index in [1.165, 1.54) is 22.3 Å². The summed E-state index contributed by atoms with van der Waals surface area (Å²) in [4.78, 5) is 0. The summed E-state index contributed by atoms with van der Waals surface area (Å²) in [6.45, 7) is 0. The number of anilines is 2. The third-order valence-corrected chi connectivity index (χ3v) is 3.56. The van der Waals surface area contributed by atoms with Crippen molar-refractivity contribution in [3.8, 4) is 16.9 Å². The van der Waals surface area contributed by atoms with Gasteiger partial charge < -0.3 is 15.4 Å². The van der Waals surface area contributed by atoms with Crippen molar-refractivity contribution in [3.05, 3.63) is 47.9 Å². The van der Waals surface area contributed by atoms with Gasteiger partial charge in [0, 0.05) is 43.5 Å². The molecule has 0 bridgehead atoms. The second-order valence-electron chi connectivity index (χ2n) is 4.59. The first-order chi connectivity index (χ1) is 9.26. The Morgan fingerprint density at radius 3 is 2.32 bits per heavy atom. The summed E-state index contributed by atoms with van der Waals surface area (Å²) in [7, 11) is 5.57. The van der Waals surface area contributed by atoms with E-state index in [1.807, 2.05) is 20.2 Å². The summed E-state index contributed by atoms with van der Waals surface area (Å²) < 4.78 is 5.54. The molecule has 0 spiro atoms. The van der Waals surface area contributed by atoms with Gasteiger partial charge in [0.1, 0.15) is 5.75 Å². The van der Waals surface area contributed by atoms with E-state index >= 15 is 0 Å². The summed E-state index contributed by atoms with van der Waals surface area (Å²) in [5.41, 5.74) is 7.03. The third-order valence-electron chi connectivity index (χ3n) is 3.56. The van der Waals surface area contributed by atoms with Crippen molar-refractivity contribution in [2.75, 3.05) is 31.8 Å². The van der Waals surface area contributed by atoms with Gasteiger partial charge in [0.05, 0.1) is 7.11 Å². The van der Waals surface area contributed by atoms with E-state index in [-0.39, 0.29) is 0 Å². The summed E-state index contributed by atoms with van der Waals surface area (Å²) in [5, 5.41) is 6.34. The highest BCUT2D eigenvalue weighted by atomic mass is 16.5. The van der Waals surface area contributed by atoms with Gasteiger partial charge in [-0.1, -0.05) is 6.07 Å². The van der Waals surface area contributed by atoms with Crippen molar-refractivity contribution in [3.63, 3.8) is 0 Å². The van der Waals surface area contributed by atoms with Crippen molar-refractivity contribution in [2.24, 2.45) is 0 Å². The van der Waals surface area contributed by atoms with Gasteiger partial charge in [-0.2, -0.15) is 0 Å². The van der Waals surface area contributed by atoms with Gasteiger partial charge in [-0.3, -0.25) is 0 Å². The Balaban J connectivity index is 2.18. The Bertz CT molecular complexity index is 635. The van der Waals surface area contributed by atoms with E-state index in [4.69, 9.17) is 4.74 Å². The van der Waals surface area contributed by atoms with Crippen LogP contribution in [0.25, 0.3) is 11.1 Å². The van der Waals surface area contributed by atoms with Crippen LogP contribution in [0.5, 0.6) is 5.75 Å². The van der Waals surface area contributed by atoms with Crippen LogP contribution in [0.15, 0.2) is 30.3 Å². The number of nitrogens with one attached hydrogen (secondary N) is 2. The quantitative estimate of drug-likeness (QED) is 0.751. The molecule has 0 fully saturated rings. The highest BCUT2D eigenvalue weighted by Gasteiger charge is 2.23. The molecule has 0 heterocycles. The number of benzene rings is 2. The molecule has 1 radical (unpaired) electrons. The third kappa shape index (κ3) is 1.82. The van der Waals surface area contributed by atoms with Crippen LogP contribution in [0.1, 0.15) is 11.1 Å². The topological polar surface area (TPSA) is 33.3 Å². The first-order valence-corrected chi connectivity index (χ1v) is 6.33. The maximum absolute atomic E-state index is 5.54. The Kier molecular flexibility index (Phi) is 2.82.